The molecule has 3 N–H and O–H groups in total. The molecule has 2 aromatic rings. The summed E-state index contributed by atoms with van der Waals surface area (Å²) in [4.78, 5) is 45.4. The van der Waals surface area contributed by atoms with Gasteiger partial charge in [-0.25, -0.2) is 4.39 Å². The number of benzene rings is 1. The van der Waals surface area contributed by atoms with Gasteiger partial charge in [0.2, 0.25) is 5.91 Å². The molecule has 0 bridgehead atoms. The van der Waals surface area contributed by atoms with Crippen molar-refractivity contribution >= 4 is 23.2 Å². The molecule has 1 aromatic carbocycles. The molecule has 2 rings (SSSR count). The Morgan fingerprint density at radius 3 is 2.60 bits per heavy atom. The van der Waals surface area contributed by atoms with Crippen LogP contribution in [0.5, 0.6) is 0 Å². The largest absolute Gasteiger partial charge is 0.365 e. The number of anilines is 1. The van der Waals surface area contributed by atoms with Gasteiger partial charge >= 0.3 is 0 Å². The lowest BCUT2D eigenvalue weighted by atomic mass is 10.2. The molecule has 0 saturated heterocycles. The molecule has 0 aliphatic rings. The van der Waals surface area contributed by atoms with Crippen LogP contribution in [0.2, 0.25) is 0 Å². The molecule has 1 aromatic heterocycles. The zero-order chi connectivity index (χ0) is 18.7. The SMILES string of the molecule is Cc1ccc(NC(=O)Cn2cc([N+](=O)[O-])cc(C(N)=O)c2=O)cc1F. The lowest BCUT2D eigenvalue weighted by Crippen LogP contribution is -2.33. The molecule has 0 atom stereocenters. The summed E-state index contributed by atoms with van der Waals surface area (Å²) in [5.74, 6) is -2.41. The fourth-order valence-electron chi connectivity index (χ4n) is 2.04. The molecular formula is C15H13FN4O5. The lowest BCUT2D eigenvalue weighted by Gasteiger charge is -2.09. The van der Waals surface area contributed by atoms with Gasteiger partial charge < -0.3 is 11.1 Å². The van der Waals surface area contributed by atoms with Crippen LogP contribution < -0.4 is 16.6 Å². The Bertz CT molecular complexity index is 938. The minimum absolute atomic E-state index is 0.154. The van der Waals surface area contributed by atoms with E-state index in [1.165, 1.54) is 12.1 Å². The van der Waals surface area contributed by atoms with Gasteiger partial charge in [-0.05, 0) is 24.6 Å². The van der Waals surface area contributed by atoms with Gasteiger partial charge in [0.15, 0.2) is 0 Å². The smallest absolute Gasteiger partial charge is 0.286 e. The van der Waals surface area contributed by atoms with Gasteiger partial charge in [0.1, 0.15) is 17.9 Å². The number of hydrogen-bond donors (Lipinski definition) is 2. The average molecular weight is 348 g/mol. The number of carbonyl (C=O) groups excluding carboxylic acids is 2. The van der Waals surface area contributed by atoms with Crippen molar-refractivity contribution in [2.75, 3.05) is 5.32 Å². The number of amides is 2. The number of nitrogens with zero attached hydrogens (tertiary/aromatic N) is 2. The average Bonchev–Trinajstić information content (AvgIpc) is 2.52. The summed E-state index contributed by atoms with van der Waals surface area (Å²) in [7, 11) is 0. The topological polar surface area (TPSA) is 137 Å². The van der Waals surface area contributed by atoms with Gasteiger partial charge in [-0.3, -0.25) is 29.1 Å². The zero-order valence-electron chi connectivity index (χ0n) is 13.0. The maximum atomic E-state index is 13.5. The molecule has 0 aliphatic heterocycles. The van der Waals surface area contributed by atoms with E-state index in [2.05, 4.69) is 5.32 Å². The number of hydrogen-bond acceptors (Lipinski definition) is 5. The van der Waals surface area contributed by atoms with E-state index < -0.39 is 45.9 Å². The third-order valence-electron chi connectivity index (χ3n) is 3.32. The first-order valence-corrected chi connectivity index (χ1v) is 6.93. The van der Waals surface area contributed by atoms with Gasteiger partial charge in [0.25, 0.3) is 17.2 Å². The number of nitro groups is 1. The number of carbonyl (C=O) groups is 2. The number of pyridine rings is 1. The summed E-state index contributed by atoms with van der Waals surface area (Å²) < 4.78 is 14.2. The molecule has 0 fully saturated rings. The van der Waals surface area contributed by atoms with E-state index in [4.69, 9.17) is 5.73 Å². The molecule has 0 unspecified atom stereocenters. The predicted octanol–water partition coefficient (Wildman–Crippen LogP) is 0.942. The Kier molecular flexibility index (Phi) is 4.92. The quantitative estimate of drug-likeness (QED) is 0.612. The normalized spacial score (nSPS) is 10.3. The van der Waals surface area contributed by atoms with Crippen LogP contribution in [0.25, 0.3) is 0 Å². The van der Waals surface area contributed by atoms with Crippen molar-refractivity contribution in [2.24, 2.45) is 5.73 Å². The van der Waals surface area contributed by atoms with E-state index in [-0.39, 0.29) is 5.69 Å². The highest BCUT2D eigenvalue weighted by molar-refractivity contribution is 5.93. The molecule has 130 valence electrons. The molecule has 25 heavy (non-hydrogen) atoms. The number of aryl methyl sites for hydroxylation is 1. The van der Waals surface area contributed by atoms with E-state index in [1.807, 2.05) is 0 Å². The van der Waals surface area contributed by atoms with Crippen molar-refractivity contribution in [3.63, 3.8) is 0 Å². The van der Waals surface area contributed by atoms with Crippen LogP contribution in [0.1, 0.15) is 15.9 Å². The summed E-state index contributed by atoms with van der Waals surface area (Å²) in [5.41, 5.74) is 3.45. The van der Waals surface area contributed by atoms with Gasteiger partial charge in [-0.1, -0.05) is 6.07 Å². The Morgan fingerprint density at radius 1 is 1.36 bits per heavy atom. The third kappa shape index (κ3) is 4.05. The number of aromatic nitrogens is 1. The summed E-state index contributed by atoms with van der Waals surface area (Å²) in [6, 6.07) is 4.75. The first kappa shape index (κ1) is 17.8. The van der Waals surface area contributed by atoms with Crippen LogP contribution in [-0.4, -0.2) is 21.3 Å². The van der Waals surface area contributed by atoms with Crippen LogP contribution in [0.4, 0.5) is 15.8 Å². The maximum absolute atomic E-state index is 13.5. The van der Waals surface area contributed by atoms with Crippen molar-refractivity contribution in [2.45, 2.75) is 13.5 Å². The minimum Gasteiger partial charge on any atom is -0.365 e. The molecule has 0 spiro atoms. The van der Waals surface area contributed by atoms with Crippen molar-refractivity contribution in [1.82, 2.24) is 4.57 Å². The number of rotatable bonds is 5. The molecule has 9 nitrogen and oxygen atoms in total. The Hall–Kier alpha value is -3.56. The molecule has 0 radical (unpaired) electrons. The zero-order valence-corrected chi connectivity index (χ0v) is 13.0. The first-order chi connectivity index (χ1) is 11.7. The molecular weight excluding hydrogens is 335 g/mol. The predicted molar refractivity (Wildman–Crippen MR) is 85.6 cm³/mol. The second kappa shape index (κ2) is 6.91. The summed E-state index contributed by atoms with van der Waals surface area (Å²) in [6.07, 6.45) is 0.823. The van der Waals surface area contributed by atoms with Gasteiger partial charge in [-0.15, -0.1) is 0 Å². The van der Waals surface area contributed by atoms with E-state index in [1.54, 1.807) is 6.92 Å². The Balaban J connectivity index is 2.30. The molecule has 0 aliphatic carbocycles. The van der Waals surface area contributed by atoms with Gasteiger partial charge in [0.05, 0.1) is 11.1 Å². The Labute approximate surface area is 140 Å². The first-order valence-electron chi connectivity index (χ1n) is 6.93. The molecule has 1 heterocycles. The third-order valence-corrected chi connectivity index (χ3v) is 3.32. The van der Waals surface area contributed by atoms with E-state index in [9.17, 15) is 28.9 Å². The second-order valence-corrected chi connectivity index (χ2v) is 5.18. The second-order valence-electron chi connectivity index (χ2n) is 5.18. The summed E-state index contributed by atoms with van der Waals surface area (Å²) in [5, 5.41) is 13.2. The van der Waals surface area contributed by atoms with Crippen molar-refractivity contribution in [3.8, 4) is 0 Å². The number of nitrogens with two attached hydrogens (primary N) is 1. The number of primary amides is 1. The summed E-state index contributed by atoms with van der Waals surface area (Å²) in [6.45, 7) is 0.936. The van der Waals surface area contributed by atoms with Crippen molar-refractivity contribution in [1.29, 1.82) is 0 Å². The van der Waals surface area contributed by atoms with Crippen molar-refractivity contribution in [3.05, 3.63) is 67.9 Å². The van der Waals surface area contributed by atoms with Crippen LogP contribution in [0, 0.1) is 22.9 Å². The fourth-order valence-corrected chi connectivity index (χ4v) is 2.04. The van der Waals surface area contributed by atoms with Crippen LogP contribution >= 0.6 is 0 Å². The van der Waals surface area contributed by atoms with Crippen LogP contribution in [0.15, 0.2) is 35.3 Å². The molecule has 10 heteroatoms. The maximum Gasteiger partial charge on any atom is 0.286 e. The van der Waals surface area contributed by atoms with E-state index in [0.29, 0.717) is 10.1 Å². The fraction of sp³-hybridized carbons (Fsp3) is 0.133. The summed E-state index contributed by atoms with van der Waals surface area (Å²) >= 11 is 0. The van der Waals surface area contributed by atoms with E-state index >= 15 is 0 Å². The monoisotopic (exact) mass is 348 g/mol. The van der Waals surface area contributed by atoms with Crippen molar-refractivity contribution < 1.29 is 18.9 Å². The number of halogens is 1. The molecule has 0 saturated carbocycles. The highest BCUT2D eigenvalue weighted by Crippen LogP contribution is 2.14. The highest BCUT2D eigenvalue weighted by atomic mass is 19.1. The standard InChI is InChI=1S/C15H13FN4O5/c1-8-2-3-9(4-12(8)16)18-13(21)7-19-6-10(20(24)25)5-11(14(17)22)15(19)23/h2-6H,7H2,1H3,(H2,17,22)(H,18,21). The van der Waals surface area contributed by atoms with Gasteiger partial charge in [0, 0.05) is 11.8 Å². The molecule has 2 amide bonds. The number of nitrogens with one attached hydrogen (secondary N) is 1. The van der Waals surface area contributed by atoms with Gasteiger partial charge in [-0.2, -0.15) is 0 Å². The minimum atomic E-state index is -1.15. The van der Waals surface area contributed by atoms with E-state index in [0.717, 1.165) is 18.3 Å². The Morgan fingerprint density at radius 2 is 2.04 bits per heavy atom. The van der Waals surface area contributed by atoms with Crippen LogP contribution in [0.3, 0.4) is 0 Å². The van der Waals surface area contributed by atoms with Crippen LogP contribution in [-0.2, 0) is 11.3 Å². The highest BCUT2D eigenvalue weighted by Gasteiger charge is 2.18. The lowest BCUT2D eigenvalue weighted by molar-refractivity contribution is -0.385.